The van der Waals surface area contributed by atoms with Crippen LogP contribution in [0.4, 0.5) is 0 Å². The maximum Gasteiger partial charge on any atom is 0.251 e. The van der Waals surface area contributed by atoms with Crippen LogP contribution in [0.15, 0.2) is 24.3 Å². The number of hydrogen-bond acceptors (Lipinski definition) is 2. The molecular weight excluding hydrogens is 260 g/mol. The van der Waals surface area contributed by atoms with E-state index in [1.807, 2.05) is 24.3 Å². The summed E-state index contributed by atoms with van der Waals surface area (Å²) in [5.41, 5.74) is 7.67. The number of hydrogen-bond donors (Lipinski definition) is 2. The second-order valence-corrected chi connectivity index (χ2v) is 5.29. The predicted molar refractivity (Wildman–Crippen MR) is 80.5 cm³/mol. The van der Waals surface area contributed by atoms with E-state index < -0.39 is 0 Å². The summed E-state index contributed by atoms with van der Waals surface area (Å²) >= 11 is 0. The number of nitrogens with two attached hydrogens (primary N) is 1. The van der Waals surface area contributed by atoms with Crippen molar-refractivity contribution in [2.45, 2.75) is 39.2 Å². The summed E-state index contributed by atoms with van der Waals surface area (Å²) in [5, 5.41) is 3.06. The zero-order valence-electron chi connectivity index (χ0n) is 11.4. The van der Waals surface area contributed by atoms with E-state index in [9.17, 15) is 4.79 Å². The number of nitrogens with one attached hydrogen (secondary N) is 1. The van der Waals surface area contributed by atoms with Crippen molar-refractivity contribution in [3.63, 3.8) is 0 Å². The van der Waals surface area contributed by atoms with Crippen molar-refractivity contribution in [1.29, 1.82) is 0 Å². The molecule has 0 unspecified atom stereocenters. The number of amides is 1. The zero-order valence-corrected chi connectivity index (χ0v) is 12.3. The van der Waals surface area contributed by atoms with Gasteiger partial charge in [-0.3, -0.25) is 4.79 Å². The average molecular weight is 283 g/mol. The molecule has 0 radical (unpaired) electrons. The van der Waals surface area contributed by atoms with Gasteiger partial charge >= 0.3 is 0 Å². The highest BCUT2D eigenvalue weighted by atomic mass is 35.5. The Morgan fingerprint density at radius 3 is 2.37 bits per heavy atom. The molecule has 0 bridgehead atoms. The molecule has 2 rings (SSSR count). The van der Waals surface area contributed by atoms with Gasteiger partial charge in [-0.25, -0.2) is 0 Å². The third-order valence-corrected chi connectivity index (χ3v) is 4.24. The quantitative estimate of drug-likeness (QED) is 0.872. The molecular formula is C15H23ClN2O. The van der Waals surface area contributed by atoms with Crippen LogP contribution in [0.1, 0.15) is 48.5 Å². The molecule has 106 valence electrons. The summed E-state index contributed by atoms with van der Waals surface area (Å²) in [6, 6.07) is 7.51. The van der Waals surface area contributed by atoms with Crippen molar-refractivity contribution < 1.29 is 4.79 Å². The molecule has 0 atom stereocenters. The highest BCUT2D eigenvalue weighted by Gasteiger charge is 2.35. The first-order valence-electron chi connectivity index (χ1n) is 6.76. The van der Waals surface area contributed by atoms with Gasteiger partial charge in [0, 0.05) is 18.7 Å². The molecule has 1 saturated carbocycles. The van der Waals surface area contributed by atoms with Crippen LogP contribution in [0.5, 0.6) is 0 Å². The second kappa shape index (κ2) is 6.92. The van der Waals surface area contributed by atoms with E-state index in [0.717, 1.165) is 24.1 Å². The van der Waals surface area contributed by atoms with E-state index in [4.69, 9.17) is 5.73 Å². The molecule has 3 N–H and O–H groups in total. The van der Waals surface area contributed by atoms with E-state index in [-0.39, 0.29) is 18.3 Å². The SMILES string of the molecule is CCC1(CNC(=O)c2ccc(CN)cc2)CCC1.Cl. The summed E-state index contributed by atoms with van der Waals surface area (Å²) in [7, 11) is 0. The van der Waals surface area contributed by atoms with Gasteiger partial charge in [0.2, 0.25) is 0 Å². The van der Waals surface area contributed by atoms with Gasteiger partial charge in [-0.15, -0.1) is 12.4 Å². The van der Waals surface area contributed by atoms with Crippen LogP contribution in [0.25, 0.3) is 0 Å². The predicted octanol–water partition coefficient (Wildman–Crippen LogP) is 2.88. The van der Waals surface area contributed by atoms with Crippen molar-refractivity contribution in [3.05, 3.63) is 35.4 Å². The Morgan fingerprint density at radius 2 is 1.95 bits per heavy atom. The Morgan fingerprint density at radius 1 is 1.32 bits per heavy atom. The Labute approximate surface area is 121 Å². The van der Waals surface area contributed by atoms with Crippen LogP contribution in [0, 0.1) is 5.41 Å². The molecule has 1 aliphatic rings. The minimum Gasteiger partial charge on any atom is -0.351 e. The first-order chi connectivity index (χ1) is 8.69. The van der Waals surface area contributed by atoms with E-state index in [2.05, 4.69) is 12.2 Å². The minimum absolute atomic E-state index is 0. The summed E-state index contributed by atoms with van der Waals surface area (Å²) in [5.74, 6) is 0.0262. The number of carbonyl (C=O) groups is 1. The lowest BCUT2D eigenvalue weighted by atomic mass is 9.67. The average Bonchev–Trinajstić information content (AvgIpc) is 2.38. The van der Waals surface area contributed by atoms with E-state index in [0.29, 0.717) is 12.0 Å². The Hall–Kier alpha value is -1.06. The highest BCUT2D eigenvalue weighted by molar-refractivity contribution is 5.94. The van der Waals surface area contributed by atoms with Crippen LogP contribution in [-0.4, -0.2) is 12.5 Å². The third-order valence-electron chi connectivity index (χ3n) is 4.24. The molecule has 1 aromatic rings. The lowest BCUT2D eigenvalue weighted by Gasteiger charge is -2.41. The summed E-state index contributed by atoms with van der Waals surface area (Å²) in [6.45, 7) is 3.53. The number of carbonyl (C=O) groups excluding carboxylic acids is 1. The lowest BCUT2D eigenvalue weighted by Crippen LogP contribution is -2.41. The number of rotatable bonds is 5. The van der Waals surface area contributed by atoms with Gasteiger partial charge in [-0.1, -0.05) is 25.5 Å². The molecule has 1 amide bonds. The maximum absolute atomic E-state index is 12.0. The fourth-order valence-corrected chi connectivity index (χ4v) is 2.49. The summed E-state index contributed by atoms with van der Waals surface area (Å²) in [6.07, 6.45) is 4.94. The Kier molecular flexibility index (Phi) is 5.83. The van der Waals surface area contributed by atoms with E-state index >= 15 is 0 Å². The van der Waals surface area contributed by atoms with Crippen molar-refractivity contribution >= 4 is 18.3 Å². The number of halogens is 1. The van der Waals surface area contributed by atoms with Crippen LogP contribution < -0.4 is 11.1 Å². The Balaban J connectivity index is 0.00000180. The molecule has 1 fully saturated rings. The van der Waals surface area contributed by atoms with Crippen LogP contribution in [-0.2, 0) is 6.54 Å². The molecule has 19 heavy (non-hydrogen) atoms. The zero-order chi connectivity index (χ0) is 13.0. The molecule has 0 aliphatic heterocycles. The topological polar surface area (TPSA) is 55.1 Å². The van der Waals surface area contributed by atoms with Gasteiger partial charge in [0.25, 0.3) is 5.91 Å². The fraction of sp³-hybridized carbons (Fsp3) is 0.533. The standard InChI is InChI=1S/C15H22N2O.ClH/c1-2-15(8-3-9-15)11-17-14(18)13-6-4-12(10-16)5-7-13;/h4-7H,2-3,8-11,16H2,1H3,(H,17,18);1H. The normalized spacial score (nSPS) is 16.1. The van der Waals surface area contributed by atoms with Gasteiger partial charge in [-0.05, 0) is 42.4 Å². The van der Waals surface area contributed by atoms with Crippen LogP contribution in [0.3, 0.4) is 0 Å². The van der Waals surface area contributed by atoms with Gasteiger partial charge in [-0.2, -0.15) is 0 Å². The van der Waals surface area contributed by atoms with Gasteiger partial charge < -0.3 is 11.1 Å². The summed E-state index contributed by atoms with van der Waals surface area (Å²) < 4.78 is 0. The third kappa shape index (κ3) is 3.71. The second-order valence-electron chi connectivity index (χ2n) is 5.29. The van der Waals surface area contributed by atoms with E-state index in [1.54, 1.807) is 0 Å². The molecule has 0 spiro atoms. The molecule has 0 aromatic heterocycles. The van der Waals surface area contributed by atoms with Crippen molar-refractivity contribution in [2.75, 3.05) is 6.54 Å². The van der Waals surface area contributed by atoms with Gasteiger partial charge in [0.15, 0.2) is 0 Å². The lowest BCUT2D eigenvalue weighted by molar-refractivity contribution is 0.0850. The van der Waals surface area contributed by atoms with Crippen LogP contribution in [0.2, 0.25) is 0 Å². The number of benzene rings is 1. The highest BCUT2D eigenvalue weighted by Crippen LogP contribution is 2.43. The molecule has 4 heteroatoms. The van der Waals surface area contributed by atoms with E-state index in [1.165, 1.54) is 19.3 Å². The molecule has 1 aromatic carbocycles. The molecule has 1 aliphatic carbocycles. The summed E-state index contributed by atoms with van der Waals surface area (Å²) in [4.78, 5) is 12.0. The first-order valence-corrected chi connectivity index (χ1v) is 6.76. The van der Waals surface area contributed by atoms with Gasteiger partial charge in [0.05, 0.1) is 0 Å². The molecule has 0 saturated heterocycles. The largest absolute Gasteiger partial charge is 0.351 e. The maximum atomic E-state index is 12.0. The molecule has 3 nitrogen and oxygen atoms in total. The first kappa shape index (κ1) is 16.0. The van der Waals surface area contributed by atoms with Crippen molar-refractivity contribution in [2.24, 2.45) is 11.1 Å². The minimum atomic E-state index is 0. The Bertz CT molecular complexity index is 407. The fourth-order valence-electron chi connectivity index (χ4n) is 2.49. The molecule has 0 heterocycles. The monoisotopic (exact) mass is 282 g/mol. The van der Waals surface area contributed by atoms with Crippen molar-refractivity contribution in [3.8, 4) is 0 Å². The smallest absolute Gasteiger partial charge is 0.251 e. The van der Waals surface area contributed by atoms with Crippen molar-refractivity contribution in [1.82, 2.24) is 5.32 Å². The van der Waals surface area contributed by atoms with Gasteiger partial charge in [0.1, 0.15) is 0 Å². The van der Waals surface area contributed by atoms with Crippen LogP contribution >= 0.6 is 12.4 Å².